The van der Waals surface area contributed by atoms with Crippen LogP contribution in [0, 0.1) is 6.92 Å². The normalized spacial score (nSPS) is 15.2. The van der Waals surface area contributed by atoms with Gasteiger partial charge >= 0.3 is 0 Å². The number of anilines is 1. The highest BCUT2D eigenvalue weighted by molar-refractivity contribution is 5.93. The van der Waals surface area contributed by atoms with Crippen molar-refractivity contribution in [3.05, 3.63) is 17.5 Å². The summed E-state index contributed by atoms with van der Waals surface area (Å²) in [4.78, 5) is 19.1. The van der Waals surface area contributed by atoms with Crippen molar-refractivity contribution in [1.29, 1.82) is 0 Å². The average Bonchev–Trinajstić information content (AvgIpc) is 2.87. The summed E-state index contributed by atoms with van der Waals surface area (Å²) < 4.78 is 0. The summed E-state index contributed by atoms with van der Waals surface area (Å²) in [6.45, 7) is 1.75. The Kier molecular flexibility index (Phi) is 2.07. The second-order valence-electron chi connectivity index (χ2n) is 3.48. The Morgan fingerprint density at radius 1 is 1.64 bits per heavy atom. The molecule has 2 rings (SSSR count). The number of nitrogens with one attached hydrogen (secondary N) is 1. The van der Waals surface area contributed by atoms with Crippen molar-refractivity contribution in [2.24, 2.45) is 5.73 Å². The molecule has 1 fully saturated rings. The van der Waals surface area contributed by atoms with Gasteiger partial charge in [-0.25, -0.2) is 9.97 Å². The number of hydrogen-bond acceptors (Lipinski definition) is 4. The highest BCUT2D eigenvalue weighted by Crippen LogP contribution is 2.22. The number of nitrogens with zero attached hydrogens (tertiary/aromatic N) is 2. The summed E-state index contributed by atoms with van der Waals surface area (Å²) in [6.07, 6.45) is 3.80. The van der Waals surface area contributed by atoms with Gasteiger partial charge < -0.3 is 11.1 Å². The van der Waals surface area contributed by atoms with Crippen LogP contribution in [0.4, 0.5) is 5.95 Å². The molecule has 1 aromatic heterocycles. The van der Waals surface area contributed by atoms with E-state index in [9.17, 15) is 4.79 Å². The van der Waals surface area contributed by atoms with Gasteiger partial charge in [-0.2, -0.15) is 0 Å². The van der Waals surface area contributed by atoms with Gasteiger partial charge in [0.05, 0.1) is 11.3 Å². The van der Waals surface area contributed by atoms with E-state index in [0.29, 0.717) is 23.2 Å². The van der Waals surface area contributed by atoms with Crippen LogP contribution in [0.25, 0.3) is 0 Å². The van der Waals surface area contributed by atoms with Crippen LogP contribution in [0.3, 0.4) is 0 Å². The number of primary amides is 1. The first-order valence-electron chi connectivity index (χ1n) is 4.57. The number of carbonyl (C=O) groups is 1. The predicted octanol–water partition coefficient (Wildman–Crippen LogP) is 0.458. The summed E-state index contributed by atoms with van der Waals surface area (Å²) in [5.41, 5.74) is 6.14. The fourth-order valence-corrected chi connectivity index (χ4v) is 1.19. The van der Waals surface area contributed by atoms with Crippen LogP contribution >= 0.6 is 0 Å². The summed E-state index contributed by atoms with van der Waals surface area (Å²) >= 11 is 0. The first kappa shape index (κ1) is 8.93. The van der Waals surface area contributed by atoms with Crippen molar-refractivity contribution in [3.63, 3.8) is 0 Å². The van der Waals surface area contributed by atoms with Crippen molar-refractivity contribution in [3.8, 4) is 0 Å². The van der Waals surface area contributed by atoms with Crippen molar-refractivity contribution < 1.29 is 4.79 Å². The zero-order valence-electron chi connectivity index (χ0n) is 7.95. The van der Waals surface area contributed by atoms with Gasteiger partial charge in [0.15, 0.2) is 0 Å². The lowest BCUT2D eigenvalue weighted by Gasteiger charge is -2.04. The maximum Gasteiger partial charge on any atom is 0.252 e. The largest absolute Gasteiger partial charge is 0.365 e. The van der Waals surface area contributed by atoms with E-state index in [2.05, 4.69) is 15.3 Å². The van der Waals surface area contributed by atoms with E-state index in [1.165, 1.54) is 19.0 Å². The molecule has 3 N–H and O–H groups in total. The van der Waals surface area contributed by atoms with Gasteiger partial charge in [0.1, 0.15) is 0 Å². The number of carbonyl (C=O) groups excluding carboxylic acids is 1. The summed E-state index contributed by atoms with van der Waals surface area (Å²) in [7, 11) is 0. The van der Waals surface area contributed by atoms with Gasteiger partial charge in [0.25, 0.3) is 5.91 Å². The molecule has 14 heavy (non-hydrogen) atoms. The molecule has 1 aliphatic rings. The van der Waals surface area contributed by atoms with Gasteiger partial charge in [0, 0.05) is 12.2 Å². The minimum Gasteiger partial charge on any atom is -0.365 e. The van der Waals surface area contributed by atoms with Crippen molar-refractivity contribution in [1.82, 2.24) is 9.97 Å². The number of rotatable bonds is 3. The van der Waals surface area contributed by atoms with Crippen molar-refractivity contribution >= 4 is 11.9 Å². The smallest absolute Gasteiger partial charge is 0.252 e. The Morgan fingerprint density at radius 2 is 2.36 bits per heavy atom. The van der Waals surface area contributed by atoms with E-state index in [1.807, 2.05) is 0 Å². The van der Waals surface area contributed by atoms with Crippen molar-refractivity contribution in [2.75, 3.05) is 5.32 Å². The summed E-state index contributed by atoms with van der Waals surface area (Å²) in [6, 6.07) is 0.508. The molecule has 0 aliphatic heterocycles. The number of amides is 1. The summed E-state index contributed by atoms with van der Waals surface area (Å²) in [5, 5.41) is 3.15. The van der Waals surface area contributed by atoms with E-state index >= 15 is 0 Å². The van der Waals surface area contributed by atoms with E-state index < -0.39 is 5.91 Å². The zero-order chi connectivity index (χ0) is 10.1. The topological polar surface area (TPSA) is 80.9 Å². The molecule has 5 heteroatoms. The van der Waals surface area contributed by atoms with Crippen LogP contribution in [-0.4, -0.2) is 21.9 Å². The quantitative estimate of drug-likeness (QED) is 0.729. The SMILES string of the molecule is Cc1nc(NC2CC2)ncc1C(N)=O. The molecule has 1 aromatic rings. The molecule has 1 saturated carbocycles. The molecule has 0 radical (unpaired) electrons. The lowest BCUT2D eigenvalue weighted by molar-refractivity contribution is 0.0999. The number of aromatic nitrogens is 2. The number of hydrogen-bond donors (Lipinski definition) is 2. The third kappa shape index (κ3) is 1.81. The Balaban J connectivity index is 2.20. The molecule has 0 saturated heterocycles. The van der Waals surface area contributed by atoms with Gasteiger partial charge in [0.2, 0.25) is 5.95 Å². The van der Waals surface area contributed by atoms with E-state index in [4.69, 9.17) is 5.73 Å². The Bertz CT molecular complexity index is 373. The van der Waals surface area contributed by atoms with Gasteiger partial charge in [-0.3, -0.25) is 4.79 Å². The second-order valence-corrected chi connectivity index (χ2v) is 3.48. The predicted molar refractivity (Wildman–Crippen MR) is 51.9 cm³/mol. The minimum atomic E-state index is -0.486. The Labute approximate surface area is 81.7 Å². The molecule has 0 aromatic carbocycles. The third-order valence-corrected chi connectivity index (χ3v) is 2.16. The second kappa shape index (κ2) is 3.25. The maximum atomic E-state index is 10.9. The minimum absolute atomic E-state index is 0.381. The first-order chi connectivity index (χ1) is 6.66. The van der Waals surface area contributed by atoms with Crippen LogP contribution in [0.2, 0.25) is 0 Å². The lowest BCUT2D eigenvalue weighted by Crippen LogP contribution is -2.15. The molecular weight excluding hydrogens is 180 g/mol. The first-order valence-corrected chi connectivity index (χ1v) is 4.57. The van der Waals surface area contributed by atoms with E-state index in [1.54, 1.807) is 6.92 Å². The van der Waals surface area contributed by atoms with Gasteiger partial charge in [-0.15, -0.1) is 0 Å². The molecule has 1 heterocycles. The molecule has 0 unspecified atom stereocenters. The highest BCUT2D eigenvalue weighted by atomic mass is 16.1. The monoisotopic (exact) mass is 192 g/mol. The molecule has 0 spiro atoms. The van der Waals surface area contributed by atoms with Crippen LogP contribution in [-0.2, 0) is 0 Å². The van der Waals surface area contributed by atoms with Crippen LogP contribution < -0.4 is 11.1 Å². The fraction of sp³-hybridized carbons (Fsp3) is 0.444. The average molecular weight is 192 g/mol. The molecule has 1 amide bonds. The molecule has 74 valence electrons. The fourth-order valence-electron chi connectivity index (χ4n) is 1.19. The van der Waals surface area contributed by atoms with Crippen LogP contribution in [0.1, 0.15) is 28.9 Å². The highest BCUT2D eigenvalue weighted by Gasteiger charge is 2.22. The zero-order valence-corrected chi connectivity index (χ0v) is 7.95. The molecule has 0 atom stereocenters. The van der Waals surface area contributed by atoms with Crippen molar-refractivity contribution in [2.45, 2.75) is 25.8 Å². The number of aryl methyl sites for hydroxylation is 1. The molecular formula is C9H12N4O. The Hall–Kier alpha value is -1.65. The maximum absolute atomic E-state index is 10.9. The molecule has 0 bridgehead atoms. The molecule has 1 aliphatic carbocycles. The van der Waals surface area contributed by atoms with E-state index in [-0.39, 0.29) is 0 Å². The van der Waals surface area contributed by atoms with Crippen LogP contribution in [0.5, 0.6) is 0 Å². The Morgan fingerprint density at radius 3 is 2.86 bits per heavy atom. The lowest BCUT2D eigenvalue weighted by atomic mass is 10.2. The standard InChI is InChI=1S/C9H12N4O/c1-5-7(8(10)14)4-11-9(12-5)13-6-2-3-6/h4,6H,2-3H2,1H3,(H2,10,14)(H,11,12,13). The van der Waals surface area contributed by atoms with E-state index in [0.717, 1.165) is 0 Å². The van der Waals surface area contributed by atoms with Crippen LogP contribution in [0.15, 0.2) is 6.20 Å². The summed E-state index contributed by atoms with van der Waals surface area (Å²) in [5.74, 6) is 0.0930. The molecule has 5 nitrogen and oxygen atoms in total. The van der Waals surface area contributed by atoms with Gasteiger partial charge in [-0.1, -0.05) is 0 Å². The number of nitrogens with two attached hydrogens (primary N) is 1. The van der Waals surface area contributed by atoms with Gasteiger partial charge in [-0.05, 0) is 19.8 Å². The third-order valence-electron chi connectivity index (χ3n) is 2.16.